The molecule has 0 bridgehead atoms. The molecule has 7 rings (SSSR count). The molecule has 0 saturated carbocycles. The number of nitrogens with zero attached hydrogens (tertiary/aromatic N) is 3. The van der Waals surface area contributed by atoms with Crippen molar-refractivity contribution in [2.45, 2.75) is 38.3 Å². The zero-order valence-electron chi connectivity index (χ0n) is 24.8. The first-order chi connectivity index (χ1) is 21.4. The standard InChI is InChI=1S/C36H34F2N4O2/c1-3-44-31-15-13-26(37)20-28(31)34(35-39-29-6-4-5-7-30(29)40-35)42-21-25-12-14-27(33(38)32(25)36(42)43)24-10-8-22(9-11-24)23-16-18-41(2)19-17-23/h4-15,20,23,34H,3,16-19,21H2,1-2H3,(H,39,40). The molecule has 0 aliphatic carbocycles. The Balaban J connectivity index is 1.26. The minimum Gasteiger partial charge on any atom is -0.493 e. The molecule has 1 unspecified atom stereocenters. The second kappa shape index (κ2) is 11.5. The number of imidazole rings is 1. The second-order valence-corrected chi connectivity index (χ2v) is 11.8. The van der Waals surface area contributed by atoms with Crippen molar-refractivity contribution >= 4 is 16.9 Å². The van der Waals surface area contributed by atoms with Crippen LogP contribution in [0, 0.1) is 11.6 Å². The summed E-state index contributed by atoms with van der Waals surface area (Å²) in [6.45, 7) is 4.48. The fourth-order valence-corrected chi connectivity index (χ4v) is 6.67. The molecule has 2 aliphatic heterocycles. The number of halogens is 2. The van der Waals surface area contributed by atoms with Crippen LogP contribution in [-0.4, -0.2) is 52.4 Å². The number of H-pyrrole nitrogens is 1. The summed E-state index contributed by atoms with van der Waals surface area (Å²) in [4.78, 5) is 26.1. The Morgan fingerprint density at radius 1 is 1.00 bits per heavy atom. The van der Waals surface area contributed by atoms with E-state index in [4.69, 9.17) is 9.72 Å². The van der Waals surface area contributed by atoms with Gasteiger partial charge in [0.25, 0.3) is 5.91 Å². The molecule has 1 atom stereocenters. The number of fused-ring (bicyclic) bond motifs is 2. The third-order valence-electron chi connectivity index (χ3n) is 9.00. The van der Waals surface area contributed by atoms with Crippen molar-refractivity contribution in [3.05, 3.63) is 119 Å². The van der Waals surface area contributed by atoms with E-state index in [0.29, 0.717) is 46.3 Å². The number of para-hydroxylation sites is 2. The van der Waals surface area contributed by atoms with Gasteiger partial charge in [0.1, 0.15) is 29.3 Å². The maximum absolute atomic E-state index is 16.3. The Kier molecular flexibility index (Phi) is 7.38. The minimum atomic E-state index is -0.837. The highest BCUT2D eigenvalue weighted by atomic mass is 19.1. The maximum atomic E-state index is 16.3. The number of rotatable bonds is 7. The van der Waals surface area contributed by atoms with Gasteiger partial charge in [-0.1, -0.05) is 48.5 Å². The number of carbonyl (C=O) groups is 1. The molecule has 224 valence electrons. The number of piperidine rings is 1. The minimum absolute atomic E-state index is 0.0392. The lowest BCUT2D eigenvalue weighted by Gasteiger charge is -2.29. The van der Waals surface area contributed by atoms with Crippen LogP contribution >= 0.6 is 0 Å². The lowest BCUT2D eigenvalue weighted by Crippen LogP contribution is -2.31. The van der Waals surface area contributed by atoms with Gasteiger partial charge in [0.15, 0.2) is 0 Å². The molecule has 2 aliphatic rings. The van der Waals surface area contributed by atoms with Gasteiger partial charge < -0.3 is 19.5 Å². The van der Waals surface area contributed by atoms with Gasteiger partial charge in [0, 0.05) is 17.7 Å². The molecule has 6 nitrogen and oxygen atoms in total. The number of aromatic nitrogens is 2. The quantitative estimate of drug-likeness (QED) is 0.213. The van der Waals surface area contributed by atoms with Crippen LogP contribution in [0.15, 0.2) is 78.9 Å². The Bertz CT molecular complexity index is 1810. The number of ether oxygens (including phenoxy) is 1. The molecule has 0 spiro atoms. The van der Waals surface area contributed by atoms with E-state index in [0.717, 1.165) is 37.0 Å². The zero-order chi connectivity index (χ0) is 30.4. The first-order valence-electron chi connectivity index (χ1n) is 15.2. The summed E-state index contributed by atoms with van der Waals surface area (Å²) in [7, 11) is 2.15. The number of hydrogen-bond acceptors (Lipinski definition) is 4. The summed E-state index contributed by atoms with van der Waals surface area (Å²) in [5.74, 6) is -0.0992. The van der Waals surface area contributed by atoms with Crippen LogP contribution in [0.25, 0.3) is 22.2 Å². The Labute approximate surface area is 255 Å². The molecule has 1 fully saturated rings. The third kappa shape index (κ3) is 5.03. The molecular weight excluding hydrogens is 558 g/mol. The van der Waals surface area contributed by atoms with Crippen molar-refractivity contribution in [1.29, 1.82) is 0 Å². The SMILES string of the molecule is CCOc1ccc(F)cc1C(c1nc2ccccc2[nH]1)N1Cc2ccc(-c3ccc(C4CCN(C)CC4)cc3)c(F)c2C1=O. The van der Waals surface area contributed by atoms with Crippen molar-refractivity contribution in [2.75, 3.05) is 26.7 Å². The van der Waals surface area contributed by atoms with E-state index in [2.05, 4.69) is 29.1 Å². The van der Waals surface area contributed by atoms with Crippen molar-refractivity contribution < 1.29 is 18.3 Å². The summed E-state index contributed by atoms with van der Waals surface area (Å²) in [5, 5.41) is 0. The molecular formula is C36H34F2N4O2. The van der Waals surface area contributed by atoms with E-state index < -0.39 is 23.6 Å². The van der Waals surface area contributed by atoms with Gasteiger partial charge in [0.05, 0.1) is 23.2 Å². The third-order valence-corrected chi connectivity index (χ3v) is 9.00. The van der Waals surface area contributed by atoms with Crippen LogP contribution < -0.4 is 4.74 Å². The number of benzene rings is 4. The first kappa shape index (κ1) is 28.2. The molecule has 44 heavy (non-hydrogen) atoms. The molecule has 8 heteroatoms. The van der Waals surface area contributed by atoms with Gasteiger partial charge in [-0.3, -0.25) is 4.79 Å². The van der Waals surface area contributed by atoms with Crippen molar-refractivity contribution in [1.82, 2.24) is 19.8 Å². The second-order valence-electron chi connectivity index (χ2n) is 11.8. The highest BCUT2D eigenvalue weighted by Crippen LogP contribution is 2.42. The topological polar surface area (TPSA) is 61.5 Å². The number of amides is 1. The van der Waals surface area contributed by atoms with Gasteiger partial charge in [-0.25, -0.2) is 13.8 Å². The van der Waals surface area contributed by atoms with E-state index in [1.165, 1.54) is 17.7 Å². The van der Waals surface area contributed by atoms with Crippen LogP contribution in [0.2, 0.25) is 0 Å². The molecule has 4 aromatic carbocycles. The largest absolute Gasteiger partial charge is 0.493 e. The van der Waals surface area contributed by atoms with E-state index in [1.54, 1.807) is 17.0 Å². The molecule has 1 N–H and O–H groups in total. The number of nitrogens with one attached hydrogen (secondary N) is 1. The monoisotopic (exact) mass is 592 g/mol. The van der Waals surface area contributed by atoms with E-state index >= 15 is 4.39 Å². The summed E-state index contributed by atoms with van der Waals surface area (Å²) in [6, 6.07) is 22.6. The van der Waals surface area contributed by atoms with Crippen LogP contribution in [0.5, 0.6) is 5.75 Å². The number of hydrogen-bond donors (Lipinski definition) is 1. The van der Waals surface area contributed by atoms with Crippen LogP contribution in [0.4, 0.5) is 8.78 Å². The van der Waals surface area contributed by atoms with Crippen molar-refractivity contribution in [2.24, 2.45) is 0 Å². The van der Waals surface area contributed by atoms with Crippen molar-refractivity contribution in [3.63, 3.8) is 0 Å². The van der Waals surface area contributed by atoms with Crippen molar-refractivity contribution in [3.8, 4) is 16.9 Å². The summed E-state index contributed by atoms with van der Waals surface area (Å²) < 4.78 is 36.9. The molecule has 1 saturated heterocycles. The predicted molar refractivity (Wildman–Crippen MR) is 167 cm³/mol. The summed E-state index contributed by atoms with van der Waals surface area (Å²) in [6.07, 6.45) is 2.21. The van der Waals surface area contributed by atoms with E-state index in [9.17, 15) is 9.18 Å². The van der Waals surface area contributed by atoms with Gasteiger partial charge in [-0.15, -0.1) is 0 Å². The van der Waals surface area contributed by atoms with Crippen LogP contribution in [0.1, 0.15) is 64.6 Å². The molecule has 1 aromatic heterocycles. The predicted octanol–water partition coefficient (Wildman–Crippen LogP) is 7.46. The summed E-state index contributed by atoms with van der Waals surface area (Å²) >= 11 is 0. The van der Waals surface area contributed by atoms with E-state index in [1.807, 2.05) is 49.4 Å². The van der Waals surface area contributed by atoms with Crippen LogP contribution in [-0.2, 0) is 6.54 Å². The lowest BCUT2D eigenvalue weighted by atomic mass is 9.88. The van der Waals surface area contributed by atoms with Gasteiger partial charge in [-0.2, -0.15) is 0 Å². The average Bonchev–Trinajstić information content (AvgIpc) is 3.61. The smallest absolute Gasteiger partial charge is 0.258 e. The van der Waals surface area contributed by atoms with E-state index in [-0.39, 0.29) is 12.1 Å². The highest BCUT2D eigenvalue weighted by Gasteiger charge is 2.40. The van der Waals surface area contributed by atoms with Gasteiger partial charge >= 0.3 is 0 Å². The zero-order valence-corrected chi connectivity index (χ0v) is 24.8. The Morgan fingerprint density at radius 3 is 2.52 bits per heavy atom. The van der Waals surface area contributed by atoms with Gasteiger partial charge in [-0.05, 0) is 92.8 Å². The molecule has 5 aromatic rings. The fourth-order valence-electron chi connectivity index (χ4n) is 6.67. The number of carbonyl (C=O) groups excluding carboxylic acids is 1. The Morgan fingerprint density at radius 2 is 1.77 bits per heavy atom. The van der Waals surface area contributed by atoms with Gasteiger partial charge in [0.2, 0.25) is 0 Å². The average molecular weight is 593 g/mol. The first-order valence-corrected chi connectivity index (χ1v) is 15.2. The molecule has 1 amide bonds. The molecule has 0 radical (unpaired) electrons. The normalized spacial score (nSPS) is 16.5. The Hall–Kier alpha value is -4.56. The molecule has 3 heterocycles. The fraction of sp³-hybridized carbons (Fsp3) is 0.278. The lowest BCUT2D eigenvalue weighted by molar-refractivity contribution is 0.0719. The maximum Gasteiger partial charge on any atom is 0.258 e. The number of likely N-dealkylation sites (tertiary alicyclic amines) is 1. The number of aromatic amines is 1. The highest BCUT2D eigenvalue weighted by molar-refractivity contribution is 6.00. The van der Waals surface area contributed by atoms with Crippen LogP contribution in [0.3, 0.4) is 0 Å². The summed E-state index contributed by atoms with van der Waals surface area (Å²) in [5.41, 5.74) is 4.93.